The van der Waals surface area contributed by atoms with Crippen LogP contribution in [0.15, 0.2) is 47.5 Å². The van der Waals surface area contributed by atoms with E-state index in [4.69, 9.17) is 23.2 Å². The Morgan fingerprint density at radius 1 is 1.27 bits per heavy atom. The summed E-state index contributed by atoms with van der Waals surface area (Å²) in [6, 6.07) is 6.86. The summed E-state index contributed by atoms with van der Waals surface area (Å²) in [6.07, 6.45) is 6.46. The fourth-order valence-electron chi connectivity index (χ4n) is 4.22. The van der Waals surface area contributed by atoms with Crippen molar-refractivity contribution in [3.63, 3.8) is 0 Å². The van der Waals surface area contributed by atoms with Crippen LogP contribution in [-0.2, 0) is 14.4 Å². The van der Waals surface area contributed by atoms with Crippen molar-refractivity contribution in [2.45, 2.75) is 32.2 Å². The smallest absolute Gasteiger partial charge is 0.240 e. The molecular weight excluding hydrogens is 465 g/mol. The summed E-state index contributed by atoms with van der Waals surface area (Å²) in [5.74, 6) is -1.69. The molecule has 7 nitrogen and oxygen atoms in total. The molecule has 0 spiro atoms. The minimum Gasteiger partial charge on any atom is -0.394 e. The van der Waals surface area contributed by atoms with Crippen LogP contribution < -0.4 is 10.6 Å². The number of rotatable bonds is 7. The number of anilines is 1. The number of aliphatic hydroxyl groups excluding tert-OH is 1. The minimum absolute atomic E-state index is 0.0640. The van der Waals surface area contributed by atoms with Gasteiger partial charge in [-0.3, -0.25) is 14.4 Å². The van der Waals surface area contributed by atoms with Gasteiger partial charge in [-0.1, -0.05) is 41.4 Å². The number of benzene rings is 1. The van der Waals surface area contributed by atoms with Gasteiger partial charge < -0.3 is 20.6 Å². The summed E-state index contributed by atoms with van der Waals surface area (Å²) in [4.78, 5) is 40.2. The molecule has 1 saturated heterocycles. The Bertz CT molecular complexity index is 976. The maximum Gasteiger partial charge on any atom is 0.240 e. The van der Waals surface area contributed by atoms with Crippen molar-refractivity contribution in [1.82, 2.24) is 10.2 Å². The standard InChI is InChI=1S/C24H29Cl2N3O4/c1-24(2,14-30)28-21(31)13-29-12-20(23(33)27-18-8-4-7-17(26)10-18)19(11-22(29)32)15-5-3-6-16(25)9-15/h3-4,6-10,15,19-20,30H,5,11-14H2,1-2H3,(H,27,33)(H,28,31)/t15-,19?,20?/m0/s1. The molecule has 1 heterocycles. The van der Waals surface area contributed by atoms with Gasteiger partial charge in [-0.25, -0.2) is 0 Å². The third-order valence-electron chi connectivity index (χ3n) is 5.94. The molecule has 3 atom stereocenters. The number of halogens is 2. The van der Waals surface area contributed by atoms with Crippen LogP contribution in [0, 0.1) is 17.8 Å². The van der Waals surface area contributed by atoms with Crippen LogP contribution in [0.25, 0.3) is 0 Å². The summed E-state index contributed by atoms with van der Waals surface area (Å²) in [5, 5.41) is 16.1. The first kappa shape index (κ1) is 25.3. The van der Waals surface area contributed by atoms with Crippen molar-refractivity contribution in [3.05, 3.63) is 52.5 Å². The second-order valence-electron chi connectivity index (χ2n) is 9.19. The number of aliphatic hydroxyl groups is 1. The maximum atomic E-state index is 13.3. The highest BCUT2D eigenvalue weighted by atomic mass is 35.5. The van der Waals surface area contributed by atoms with Crippen LogP contribution in [0.1, 0.15) is 26.7 Å². The average molecular weight is 494 g/mol. The fourth-order valence-corrected chi connectivity index (χ4v) is 4.66. The number of carbonyl (C=O) groups excluding carboxylic acids is 3. The number of likely N-dealkylation sites (tertiary alicyclic amines) is 1. The second kappa shape index (κ2) is 10.7. The van der Waals surface area contributed by atoms with E-state index in [2.05, 4.69) is 10.6 Å². The van der Waals surface area contributed by atoms with Crippen LogP contribution >= 0.6 is 23.2 Å². The van der Waals surface area contributed by atoms with Crippen LogP contribution in [0.2, 0.25) is 5.02 Å². The third kappa shape index (κ3) is 6.82. The van der Waals surface area contributed by atoms with E-state index in [1.807, 2.05) is 18.2 Å². The van der Waals surface area contributed by atoms with Gasteiger partial charge in [0.1, 0.15) is 0 Å². The number of nitrogens with one attached hydrogen (secondary N) is 2. The number of nitrogens with zero attached hydrogens (tertiary/aromatic N) is 1. The quantitative estimate of drug-likeness (QED) is 0.542. The molecule has 178 valence electrons. The van der Waals surface area contributed by atoms with Crippen molar-refractivity contribution < 1.29 is 19.5 Å². The molecule has 33 heavy (non-hydrogen) atoms. The highest BCUT2D eigenvalue weighted by molar-refractivity contribution is 6.31. The molecule has 1 aromatic rings. The van der Waals surface area contributed by atoms with E-state index in [1.165, 1.54) is 4.90 Å². The lowest BCUT2D eigenvalue weighted by Gasteiger charge is -2.40. The molecule has 2 unspecified atom stereocenters. The summed E-state index contributed by atoms with van der Waals surface area (Å²) >= 11 is 12.3. The van der Waals surface area contributed by atoms with Gasteiger partial charge in [0.25, 0.3) is 0 Å². The first-order valence-corrected chi connectivity index (χ1v) is 11.6. The van der Waals surface area contributed by atoms with Crippen LogP contribution in [0.4, 0.5) is 5.69 Å². The number of hydrogen-bond donors (Lipinski definition) is 3. The zero-order valence-corrected chi connectivity index (χ0v) is 20.2. The monoisotopic (exact) mass is 493 g/mol. The Balaban J connectivity index is 1.80. The lowest BCUT2D eigenvalue weighted by Crippen LogP contribution is -2.55. The molecule has 1 aliphatic carbocycles. The predicted molar refractivity (Wildman–Crippen MR) is 129 cm³/mol. The van der Waals surface area contributed by atoms with Crippen LogP contribution in [-0.4, -0.2) is 53.0 Å². The largest absolute Gasteiger partial charge is 0.394 e. The SMILES string of the molecule is CC(C)(CO)NC(=O)CN1CC(C(=O)Nc2cccc(Cl)c2)C([C@@H]2C=C(Cl)C=CC2)CC1=O. The first-order valence-electron chi connectivity index (χ1n) is 10.9. The number of hydrogen-bond acceptors (Lipinski definition) is 4. The second-order valence-corrected chi connectivity index (χ2v) is 10.1. The van der Waals surface area contributed by atoms with Gasteiger partial charge in [0.2, 0.25) is 17.7 Å². The summed E-state index contributed by atoms with van der Waals surface area (Å²) in [7, 11) is 0. The minimum atomic E-state index is -0.808. The van der Waals surface area contributed by atoms with E-state index in [0.29, 0.717) is 22.2 Å². The molecular formula is C24H29Cl2N3O4. The van der Waals surface area contributed by atoms with E-state index in [-0.39, 0.29) is 49.8 Å². The normalized spacial score (nSPS) is 23.2. The zero-order valence-electron chi connectivity index (χ0n) is 18.7. The molecule has 9 heteroatoms. The number of carbonyl (C=O) groups is 3. The van der Waals surface area contributed by atoms with E-state index >= 15 is 0 Å². The van der Waals surface area contributed by atoms with E-state index in [9.17, 15) is 19.5 Å². The van der Waals surface area contributed by atoms with E-state index in [0.717, 1.165) is 0 Å². The molecule has 1 fully saturated rings. The number of piperidine rings is 1. The Labute approximate surface area is 203 Å². The first-order chi connectivity index (χ1) is 15.6. The van der Waals surface area contributed by atoms with Crippen molar-refractivity contribution >= 4 is 46.6 Å². The molecule has 1 aliphatic heterocycles. The zero-order chi connectivity index (χ0) is 24.2. The highest BCUT2D eigenvalue weighted by Crippen LogP contribution is 2.37. The highest BCUT2D eigenvalue weighted by Gasteiger charge is 2.42. The molecule has 1 aromatic carbocycles. The van der Waals surface area contributed by atoms with Crippen LogP contribution in [0.5, 0.6) is 0 Å². The Morgan fingerprint density at radius 3 is 2.70 bits per heavy atom. The molecule has 0 aromatic heterocycles. The summed E-state index contributed by atoms with van der Waals surface area (Å²) in [5.41, 5.74) is -0.244. The van der Waals surface area contributed by atoms with Gasteiger partial charge in [0.15, 0.2) is 0 Å². The molecule has 3 amide bonds. The molecule has 3 rings (SSSR count). The summed E-state index contributed by atoms with van der Waals surface area (Å²) < 4.78 is 0. The van der Waals surface area contributed by atoms with E-state index < -0.39 is 17.4 Å². The Kier molecular flexibility index (Phi) is 8.21. The third-order valence-corrected chi connectivity index (χ3v) is 6.43. The molecule has 0 radical (unpaired) electrons. The Morgan fingerprint density at radius 2 is 2.03 bits per heavy atom. The lowest BCUT2D eigenvalue weighted by molar-refractivity contribution is -0.145. The molecule has 0 saturated carbocycles. The fraction of sp³-hybridized carbons (Fsp3) is 0.458. The molecule has 2 aliphatic rings. The van der Waals surface area contributed by atoms with Gasteiger partial charge in [-0.05, 0) is 56.4 Å². The van der Waals surface area contributed by atoms with Crippen molar-refractivity contribution in [1.29, 1.82) is 0 Å². The van der Waals surface area contributed by atoms with Gasteiger partial charge in [0, 0.05) is 28.7 Å². The van der Waals surface area contributed by atoms with Gasteiger partial charge in [0.05, 0.1) is 24.6 Å². The van der Waals surface area contributed by atoms with Gasteiger partial charge in [-0.15, -0.1) is 0 Å². The lowest BCUT2D eigenvalue weighted by atomic mass is 9.73. The Hall–Kier alpha value is -2.35. The molecule has 0 bridgehead atoms. The van der Waals surface area contributed by atoms with Gasteiger partial charge >= 0.3 is 0 Å². The van der Waals surface area contributed by atoms with Crippen molar-refractivity contribution in [2.75, 3.05) is 25.0 Å². The topological polar surface area (TPSA) is 98.7 Å². The van der Waals surface area contributed by atoms with Crippen molar-refractivity contribution in [3.8, 4) is 0 Å². The molecule has 3 N–H and O–H groups in total. The maximum absolute atomic E-state index is 13.3. The van der Waals surface area contributed by atoms with Crippen LogP contribution in [0.3, 0.4) is 0 Å². The predicted octanol–water partition coefficient (Wildman–Crippen LogP) is 3.33. The number of allylic oxidation sites excluding steroid dienone is 4. The number of amides is 3. The van der Waals surface area contributed by atoms with E-state index in [1.54, 1.807) is 38.1 Å². The average Bonchev–Trinajstić information content (AvgIpc) is 2.74. The van der Waals surface area contributed by atoms with Crippen molar-refractivity contribution in [2.24, 2.45) is 17.8 Å². The van der Waals surface area contributed by atoms with Gasteiger partial charge in [-0.2, -0.15) is 0 Å². The summed E-state index contributed by atoms with van der Waals surface area (Å²) in [6.45, 7) is 3.06.